The van der Waals surface area contributed by atoms with Crippen molar-refractivity contribution in [2.45, 2.75) is 44.9 Å². The van der Waals surface area contributed by atoms with E-state index >= 15 is 0 Å². The largest absolute Gasteiger partial charge is 0.373 e. The van der Waals surface area contributed by atoms with E-state index < -0.39 is 0 Å². The predicted molar refractivity (Wildman–Crippen MR) is 89.4 cm³/mol. The Morgan fingerprint density at radius 2 is 2.26 bits per heavy atom. The summed E-state index contributed by atoms with van der Waals surface area (Å²) in [6.07, 6.45) is 2.91. The summed E-state index contributed by atoms with van der Waals surface area (Å²) in [5.41, 5.74) is 0. The van der Waals surface area contributed by atoms with Gasteiger partial charge in [-0.3, -0.25) is 9.89 Å². The summed E-state index contributed by atoms with van der Waals surface area (Å²) in [7, 11) is 1.80. The van der Waals surface area contributed by atoms with Crippen LogP contribution in [0, 0.1) is 0 Å². The Bertz CT molecular complexity index is 298. The van der Waals surface area contributed by atoms with Crippen molar-refractivity contribution in [2.75, 3.05) is 33.3 Å². The second kappa shape index (κ2) is 8.26. The summed E-state index contributed by atoms with van der Waals surface area (Å²) in [5.74, 6) is 0.858. The number of nitrogens with zero attached hydrogens (tertiary/aromatic N) is 2. The zero-order valence-electron chi connectivity index (χ0n) is 12.2. The van der Waals surface area contributed by atoms with E-state index in [0.717, 1.165) is 25.7 Å². The lowest BCUT2D eigenvalue weighted by molar-refractivity contribution is -0.0453. The molecule has 2 N–H and O–H groups in total. The average molecular weight is 382 g/mol. The molecule has 5 nitrogen and oxygen atoms in total. The minimum absolute atomic E-state index is 0. The van der Waals surface area contributed by atoms with Gasteiger partial charge in [0.25, 0.3) is 0 Å². The Labute approximate surface area is 133 Å². The van der Waals surface area contributed by atoms with Crippen LogP contribution in [0.2, 0.25) is 0 Å². The van der Waals surface area contributed by atoms with Gasteiger partial charge in [-0.2, -0.15) is 0 Å². The summed E-state index contributed by atoms with van der Waals surface area (Å²) in [6.45, 7) is 8.23. The number of hydrogen-bond acceptors (Lipinski definition) is 3. The van der Waals surface area contributed by atoms with Gasteiger partial charge in [0.1, 0.15) is 0 Å². The average Bonchev–Trinajstić information content (AvgIpc) is 2.81. The highest BCUT2D eigenvalue weighted by Gasteiger charge is 2.32. The zero-order valence-corrected chi connectivity index (χ0v) is 14.5. The smallest absolute Gasteiger partial charge is 0.191 e. The first-order valence-corrected chi connectivity index (χ1v) is 7.02. The number of ether oxygens (including phenoxy) is 1. The Morgan fingerprint density at radius 3 is 2.95 bits per heavy atom. The molecule has 2 rings (SSSR count). The van der Waals surface area contributed by atoms with Crippen LogP contribution in [-0.4, -0.2) is 62.3 Å². The van der Waals surface area contributed by atoms with E-state index in [-0.39, 0.29) is 30.1 Å². The van der Waals surface area contributed by atoms with Gasteiger partial charge in [-0.25, -0.2) is 0 Å². The summed E-state index contributed by atoms with van der Waals surface area (Å²) >= 11 is 0. The van der Waals surface area contributed by atoms with Crippen LogP contribution in [0.25, 0.3) is 0 Å². The van der Waals surface area contributed by atoms with Crippen LogP contribution < -0.4 is 10.6 Å². The minimum Gasteiger partial charge on any atom is -0.373 e. The SMILES string of the molecule is CN=C(NCC1CN2CCCC2CO1)NC(C)C.I. The van der Waals surface area contributed by atoms with Crippen molar-refractivity contribution in [1.82, 2.24) is 15.5 Å². The quantitative estimate of drug-likeness (QED) is 0.435. The number of morpholine rings is 1. The molecule has 0 aromatic carbocycles. The van der Waals surface area contributed by atoms with Crippen molar-refractivity contribution >= 4 is 29.9 Å². The summed E-state index contributed by atoms with van der Waals surface area (Å²) in [6, 6.07) is 1.07. The second-order valence-corrected chi connectivity index (χ2v) is 5.50. The molecular formula is C13H27IN4O. The third-order valence-corrected chi connectivity index (χ3v) is 3.61. The van der Waals surface area contributed by atoms with Crippen LogP contribution in [-0.2, 0) is 4.74 Å². The molecule has 0 aromatic heterocycles. The maximum absolute atomic E-state index is 5.90. The molecule has 0 aliphatic carbocycles. The molecule has 0 spiro atoms. The molecule has 2 atom stereocenters. The number of nitrogens with one attached hydrogen (secondary N) is 2. The van der Waals surface area contributed by atoms with Crippen molar-refractivity contribution in [3.05, 3.63) is 0 Å². The van der Waals surface area contributed by atoms with Crippen molar-refractivity contribution < 1.29 is 4.74 Å². The minimum atomic E-state index is 0. The first-order chi connectivity index (χ1) is 8.69. The molecular weight excluding hydrogens is 355 g/mol. The van der Waals surface area contributed by atoms with Crippen molar-refractivity contribution in [3.8, 4) is 0 Å². The van der Waals surface area contributed by atoms with Crippen LogP contribution in [0.3, 0.4) is 0 Å². The molecule has 2 unspecified atom stereocenters. The van der Waals surface area contributed by atoms with Crippen LogP contribution in [0.5, 0.6) is 0 Å². The van der Waals surface area contributed by atoms with E-state index in [4.69, 9.17) is 4.74 Å². The fourth-order valence-electron chi connectivity index (χ4n) is 2.69. The third kappa shape index (κ3) is 5.07. The molecule has 6 heteroatoms. The zero-order chi connectivity index (χ0) is 13.0. The Balaban J connectivity index is 0.00000180. The molecule has 2 aliphatic heterocycles. The highest BCUT2D eigenvalue weighted by Crippen LogP contribution is 2.22. The highest BCUT2D eigenvalue weighted by atomic mass is 127. The molecule has 112 valence electrons. The lowest BCUT2D eigenvalue weighted by Gasteiger charge is -2.35. The van der Waals surface area contributed by atoms with E-state index in [9.17, 15) is 0 Å². The standard InChI is InChI=1S/C13H26N4O.HI/c1-10(2)16-13(14-3)15-7-12-8-17-6-4-5-11(17)9-18-12;/h10-12H,4-9H2,1-3H3,(H2,14,15,16);1H. The number of aliphatic imine (C=N–C) groups is 1. The molecule has 2 fully saturated rings. The van der Waals surface area contributed by atoms with Crippen molar-refractivity contribution in [1.29, 1.82) is 0 Å². The van der Waals surface area contributed by atoms with E-state index in [1.165, 1.54) is 19.4 Å². The summed E-state index contributed by atoms with van der Waals surface area (Å²) in [5, 5.41) is 6.62. The van der Waals surface area contributed by atoms with Gasteiger partial charge in [0.2, 0.25) is 0 Å². The van der Waals surface area contributed by atoms with E-state index in [2.05, 4.69) is 34.4 Å². The first-order valence-electron chi connectivity index (χ1n) is 7.02. The van der Waals surface area contributed by atoms with Gasteiger partial charge in [-0.15, -0.1) is 24.0 Å². The predicted octanol–water partition coefficient (Wildman–Crippen LogP) is 1.04. The number of rotatable bonds is 3. The fraction of sp³-hybridized carbons (Fsp3) is 0.923. The molecule has 2 saturated heterocycles. The normalized spacial score (nSPS) is 27.9. The number of fused-ring (bicyclic) bond motifs is 1. The lowest BCUT2D eigenvalue weighted by Crippen LogP contribution is -2.52. The van der Waals surface area contributed by atoms with Gasteiger partial charge < -0.3 is 15.4 Å². The first kappa shape index (κ1) is 17.0. The second-order valence-electron chi connectivity index (χ2n) is 5.50. The van der Waals surface area contributed by atoms with Crippen LogP contribution in [0.15, 0.2) is 4.99 Å². The van der Waals surface area contributed by atoms with E-state index in [0.29, 0.717) is 12.1 Å². The van der Waals surface area contributed by atoms with Gasteiger partial charge in [0.15, 0.2) is 5.96 Å². The number of halogens is 1. The monoisotopic (exact) mass is 382 g/mol. The van der Waals surface area contributed by atoms with Gasteiger partial charge in [-0.05, 0) is 33.2 Å². The van der Waals surface area contributed by atoms with Crippen molar-refractivity contribution in [3.63, 3.8) is 0 Å². The van der Waals surface area contributed by atoms with Gasteiger partial charge in [0, 0.05) is 32.2 Å². The molecule has 2 heterocycles. The van der Waals surface area contributed by atoms with Crippen LogP contribution in [0.4, 0.5) is 0 Å². The molecule has 0 aromatic rings. The van der Waals surface area contributed by atoms with E-state index in [1.807, 2.05) is 0 Å². The summed E-state index contributed by atoms with van der Waals surface area (Å²) < 4.78 is 5.90. The molecule has 0 radical (unpaired) electrons. The molecule has 0 saturated carbocycles. The van der Waals surface area contributed by atoms with Crippen LogP contribution in [0.1, 0.15) is 26.7 Å². The Morgan fingerprint density at radius 1 is 1.47 bits per heavy atom. The maximum atomic E-state index is 5.90. The maximum Gasteiger partial charge on any atom is 0.191 e. The topological polar surface area (TPSA) is 48.9 Å². The van der Waals surface area contributed by atoms with E-state index in [1.54, 1.807) is 7.05 Å². The van der Waals surface area contributed by atoms with Crippen molar-refractivity contribution in [2.24, 2.45) is 4.99 Å². The fourth-order valence-corrected chi connectivity index (χ4v) is 2.69. The molecule has 0 bridgehead atoms. The van der Waals surface area contributed by atoms with Gasteiger partial charge >= 0.3 is 0 Å². The molecule has 0 amide bonds. The highest BCUT2D eigenvalue weighted by molar-refractivity contribution is 14.0. The summed E-state index contributed by atoms with van der Waals surface area (Å²) in [4.78, 5) is 6.77. The molecule has 19 heavy (non-hydrogen) atoms. The number of hydrogen-bond donors (Lipinski definition) is 2. The Hall–Kier alpha value is -0.0800. The third-order valence-electron chi connectivity index (χ3n) is 3.61. The molecule has 2 aliphatic rings. The van der Waals surface area contributed by atoms with Gasteiger partial charge in [0.05, 0.1) is 12.7 Å². The van der Waals surface area contributed by atoms with Crippen LogP contribution >= 0.6 is 24.0 Å². The number of guanidine groups is 1. The van der Waals surface area contributed by atoms with Gasteiger partial charge in [-0.1, -0.05) is 0 Å². The lowest BCUT2D eigenvalue weighted by atomic mass is 10.2. The Kier molecular flexibility index (Phi) is 7.38.